The van der Waals surface area contributed by atoms with Crippen molar-refractivity contribution in [2.24, 2.45) is 12.8 Å². The number of imidazole rings is 1. The van der Waals surface area contributed by atoms with Crippen LogP contribution in [0.3, 0.4) is 0 Å². The van der Waals surface area contributed by atoms with Gasteiger partial charge in [-0.25, -0.2) is 4.79 Å². The van der Waals surface area contributed by atoms with Gasteiger partial charge in [0.2, 0.25) is 5.95 Å². The fraction of sp³-hybridized carbons (Fsp3) is 0.357. The number of Topliss-reactive ketones (excluding diaryl/α,β-unsaturated/α-hetero) is 1. The molecule has 4 aromatic rings. The summed E-state index contributed by atoms with van der Waals surface area (Å²) in [4.78, 5) is 47.9. The summed E-state index contributed by atoms with van der Waals surface area (Å²) in [5, 5.41) is 0. The number of carbonyl (C=O) groups is 1. The maximum atomic E-state index is 14.1. The van der Waals surface area contributed by atoms with E-state index >= 15 is 0 Å². The molecule has 2 N–H and O–H groups in total. The number of aryl methyl sites for hydroxylation is 1. The van der Waals surface area contributed by atoms with E-state index in [9.17, 15) is 14.4 Å². The molecule has 1 aliphatic rings. The number of aromatic nitrogens is 4. The largest absolute Gasteiger partial charge is 0.496 e. The summed E-state index contributed by atoms with van der Waals surface area (Å²) in [6.07, 6.45) is 1.79. The van der Waals surface area contributed by atoms with Crippen molar-refractivity contribution in [2.75, 3.05) is 32.2 Å². The van der Waals surface area contributed by atoms with Gasteiger partial charge in [-0.05, 0) is 36.6 Å². The summed E-state index contributed by atoms with van der Waals surface area (Å²) in [6, 6.07) is 12.6. The molecule has 0 amide bonds. The predicted octanol–water partition coefficient (Wildman–Crippen LogP) is 2.54. The summed E-state index contributed by atoms with van der Waals surface area (Å²) < 4.78 is 15.7. The van der Waals surface area contributed by atoms with E-state index < -0.39 is 23.6 Å². The molecule has 0 bridgehead atoms. The molecule has 1 saturated heterocycles. The molecule has 0 radical (unpaired) electrons. The number of hydrogen-bond acceptors (Lipinski definition) is 8. The Balaban J connectivity index is 1.70. The summed E-state index contributed by atoms with van der Waals surface area (Å²) in [6.45, 7) is 1.12. The molecule has 11 nitrogen and oxygen atoms in total. The van der Waals surface area contributed by atoms with Crippen LogP contribution in [0.2, 0.25) is 0 Å². The molecule has 210 valence electrons. The number of halogens is 1. The van der Waals surface area contributed by atoms with Gasteiger partial charge >= 0.3 is 5.69 Å². The summed E-state index contributed by atoms with van der Waals surface area (Å²) in [7, 11) is 4.43. The standard InChI is InChI=1S/C28H31BrN6O5/c1-32-25-24(26(37)35(28(32)38)16-20(36)23-21(39-2)11-6-12-22(23)40-3)34(14-17-8-4-5-10-19(17)29)27(31-25)33-13-7-9-18(30)15-33/h4-6,8,10-12,18H,7,9,13-16,30H2,1-3H3. The third-order valence-electron chi connectivity index (χ3n) is 7.25. The quantitative estimate of drug-likeness (QED) is 0.302. The number of nitrogens with two attached hydrogens (primary N) is 1. The fourth-order valence-corrected chi connectivity index (χ4v) is 5.64. The molecule has 1 unspecified atom stereocenters. The van der Waals surface area contributed by atoms with E-state index in [1.165, 1.54) is 18.8 Å². The first-order chi connectivity index (χ1) is 19.2. The SMILES string of the molecule is COc1cccc(OC)c1C(=O)Cn1c(=O)c2c(nc(N3CCCC(N)C3)n2Cc2ccccc2Br)n(C)c1=O. The van der Waals surface area contributed by atoms with Crippen LogP contribution in [0.1, 0.15) is 28.8 Å². The van der Waals surface area contributed by atoms with Gasteiger partial charge in [-0.1, -0.05) is 40.2 Å². The van der Waals surface area contributed by atoms with E-state index in [-0.39, 0.29) is 34.3 Å². The van der Waals surface area contributed by atoms with Gasteiger partial charge in [-0.15, -0.1) is 0 Å². The van der Waals surface area contributed by atoms with E-state index in [0.717, 1.165) is 34.0 Å². The zero-order valence-electron chi connectivity index (χ0n) is 22.6. The van der Waals surface area contributed by atoms with Crippen LogP contribution in [0.5, 0.6) is 11.5 Å². The molecule has 2 aromatic heterocycles. The Morgan fingerprint density at radius 1 is 1.07 bits per heavy atom. The molecule has 3 heterocycles. The third kappa shape index (κ3) is 4.92. The average Bonchev–Trinajstić information content (AvgIpc) is 3.34. The molecule has 5 rings (SSSR count). The highest BCUT2D eigenvalue weighted by atomic mass is 79.9. The van der Waals surface area contributed by atoms with E-state index in [1.807, 2.05) is 28.8 Å². The minimum atomic E-state index is -0.646. The van der Waals surface area contributed by atoms with Crippen LogP contribution < -0.4 is 31.4 Å². The second-order valence-corrected chi connectivity index (χ2v) is 10.7. The van der Waals surface area contributed by atoms with E-state index in [4.69, 9.17) is 20.2 Å². The lowest BCUT2D eigenvalue weighted by Gasteiger charge is -2.32. The first-order valence-electron chi connectivity index (χ1n) is 12.9. The lowest BCUT2D eigenvalue weighted by molar-refractivity contribution is 0.0962. The van der Waals surface area contributed by atoms with Crippen LogP contribution in [-0.4, -0.2) is 57.8 Å². The molecule has 2 aromatic carbocycles. The van der Waals surface area contributed by atoms with Crippen molar-refractivity contribution < 1.29 is 14.3 Å². The van der Waals surface area contributed by atoms with Gasteiger partial charge in [0.25, 0.3) is 5.56 Å². The Morgan fingerprint density at radius 2 is 1.77 bits per heavy atom. The van der Waals surface area contributed by atoms with Gasteiger partial charge in [-0.3, -0.25) is 23.3 Å². The van der Waals surface area contributed by atoms with Gasteiger partial charge < -0.3 is 20.1 Å². The molecule has 0 saturated carbocycles. The van der Waals surface area contributed by atoms with Crippen molar-refractivity contribution in [1.82, 2.24) is 18.7 Å². The van der Waals surface area contributed by atoms with Gasteiger partial charge in [0.05, 0.1) is 27.3 Å². The highest BCUT2D eigenvalue weighted by Crippen LogP contribution is 2.29. The van der Waals surface area contributed by atoms with E-state index in [0.29, 0.717) is 19.0 Å². The van der Waals surface area contributed by atoms with Crippen molar-refractivity contribution in [2.45, 2.75) is 32.0 Å². The minimum Gasteiger partial charge on any atom is -0.496 e. The zero-order chi connectivity index (χ0) is 28.6. The highest BCUT2D eigenvalue weighted by molar-refractivity contribution is 9.10. The number of hydrogen-bond donors (Lipinski definition) is 1. The number of benzene rings is 2. The zero-order valence-corrected chi connectivity index (χ0v) is 24.2. The van der Waals surface area contributed by atoms with Gasteiger partial charge in [0, 0.05) is 30.7 Å². The molecule has 1 fully saturated rings. The number of ketones is 1. The smallest absolute Gasteiger partial charge is 0.332 e. The second kappa shape index (κ2) is 11.3. The van der Waals surface area contributed by atoms with Crippen molar-refractivity contribution in [1.29, 1.82) is 0 Å². The Morgan fingerprint density at radius 3 is 2.42 bits per heavy atom. The first kappa shape index (κ1) is 27.7. The molecule has 12 heteroatoms. The minimum absolute atomic E-state index is 0.0283. The van der Waals surface area contributed by atoms with Crippen molar-refractivity contribution in [3.8, 4) is 11.5 Å². The van der Waals surface area contributed by atoms with Gasteiger partial charge in [-0.2, -0.15) is 4.98 Å². The fourth-order valence-electron chi connectivity index (χ4n) is 5.23. The molecule has 40 heavy (non-hydrogen) atoms. The average molecular weight is 611 g/mol. The van der Waals surface area contributed by atoms with Crippen LogP contribution >= 0.6 is 15.9 Å². The lowest BCUT2D eigenvalue weighted by atomic mass is 10.1. The number of fused-ring (bicyclic) bond motifs is 1. The van der Waals surface area contributed by atoms with E-state index in [1.54, 1.807) is 25.2 Å². The number of piperidine rings is 1. The summed E-state index contributed by atoms with van der Waals surface area (Å²) in [5.74, 6) is 0.645. The molecule has 0 spiro atoms. The van der Waals surface area contributed by atoms with Gasteiger partial charge in [0.15, 0.2) is 16.9 Å². The molecule has 0 aliphatic carbocycles. The molecular formula is C28H31BrN6O5. The molecule has 1 aliphatic heterocycles. The highest BCUT2D eigenvalue weighted by Gasteiger charge is 2.28. The summed E-state index contributed by atoms with van der Waals surface area (Å²) in [5.41, 5.74) is 6.60. The number of carbonyl (C=O) groups excluding carboxylic acids is 1. The Bertz CT molecular complexity index is 1690. The third-order valence-corrected chi connectivity index (χ3v) is 8.02. The molecule has 1 atom stereocenters. The monoisotopic (exact) mass is 610 g/mol. The number of methoxy groups -OCH3 is 2. The van der Waals surface area contributed by atoms with Crippen molar-refractivity contribution >= 4 is 38.8 Å². The normalized spacial score (nSPS) is 15.4. The topological polar surface area (TPSA) is 127 Å². The van der Waals surface area contributed by atoms with Crippen LogP contribution in [0.15, 0.2) is 56.5 Å². The van der Waals surface area contributed by atoms with Crippen molar-refractivity contribution in [3.63, 3.8) is 0 Å². The Hall–Kier alpha value is -3.90. The number of rotatable bonds is 8. The van der Waals surface area contributed by atoms with Crippen LogP contribution in [0.4, 0.5) is 5.95 Å². The Labute approximate surface area is 238 Å². The van der Waals surface area contributed by atoms with Crippen molar-refractivity contribution in [3.05, 3.63) is 78.9 Å². The predicted molar refractivity (Wildman–Crippen MR) is 156 cm³/mol. The number of ether oxygens (including phenoxy) is 2. The maximum Gasteiger partial charge on any atom is 0.332 e. The van der Waals surface area contributed by atoms with E-state index in [2.05, 4.69) is 20.8 Å². The van der Waals surface area contributed by atoms with Crippen LogP contribution in [0, 0.1) is 0 Å². The first-order valence-corrected chi connectivity index (χ1v) is 13.7. The summed E-state index contributed by atoms with van der Waals surface area (Å²) >= 11 is 3.61. The second-order valence-electron chi connectivity index (χ2n) is 9.80. The van der Waals surface area contributed by atoms with Crippen LogP contribution in [-0.2, 0) is 20.1 Å². The number of nitrogens with zero attached hydrogens (tertiary/aromatic N) is 5. The van der Waals surface area contributed by atoms with Crippen LogP contribution in [0.25, 0.3) is 11.2 Å². The molecular weight excluding hydrogens is 580 g/mol. The maximum absolute atomic E-state index is 14.1. The number of anilines is 1. The van der Waals surface area contributed by atoms with Gasteiger partial charge in [0.1, 0.15) is 17.1 Å². The Kier molecular flexibility index (Phi) is 7.81. The lowest BCUT2D eigenvalue weighted by Crippen LogP contribution is -2.44.